The first-order valence-electron chi connectivity index (χ1n) is 11.2. The van der Waals surface area contributed by atoms with Crippen molar-refractivity contribution in [2.45, 2.75) is 31.6 Å². The van der Waals surface area contributed by atoms with E-state index in [1.807, 2.05) is 17.9 Å². The predicted molar refractivity (Wildman–Crippen MR) is 131 cm³/mol. The van der Waals surface area contributed by atoms with Crippen LogP contribution in [0.2, 0.25) is 10.0 Å². The molecule has 0 unspecified atom stereocenters. The fourth-order valence-electron chi connectivity index (χ4n) is 4.54. The van der Waals surface area contributed by atoms with Gasteiger partial charge in [-0.2, -0.15) is 13.2 Å². The summed E-state index contributed by atoms with van der Waals surface area (Å²) in [7, 11) is 1.80. The van der Waals surface area contributed by atoms with Gasteiger partial charge in [0, 0.05) is 43.5 Å². The Balaban J connectivity index is 1.61. The second-order valence-corrected chi connectivity index (χ2v) is 9.79. The van der Waals surface area contributed by atoms with E-state index < -0.39 is 17.6 Å². The Morgan fingerprint density at radius 3 is 2.44 bits per heavy atom. The third-order valence-electron chi connectivity index (χ3n) is 6.44. The van der Waals surface area contributed by atoms with Crippen LogP contribution >= 0.6 is 23.2 Å². The van der Waals surface area contributed by atoms with Gasteiger partial charge < -0.3 is 4.90 Å². The molecule has 0 aliphatic carbocycles. The van der Waals surface area contributed by atoms with E-state index in [2.05, 4.69) is 4.98 Å². The molecular weight excluding hydrogens is 517 g/mol. The van der Waals surface area contributed by atoms with Crippen LogP contribution < -0.4 is 0 Å². The van der Waals surface area contributed by atoms with Crippen molar-refractivity contribution in [3.63, 3.8) is 0 Å². The standard InChI is InChI=1S/C26H23Cl2F4N3O/c1-15-3-5-18(11-33-15)25(36)35-13-19(17-6-8-21(27)22(28)10-17)24(14-35)34(2)12-16-4-7-20(23(29)9-16)26(30,31)32/h3-11,19,24H,12-14H2,1-2H3/t19-,24+/m1/s1. The number of aromatic nitrogens is 1. The van der Waals surface area contributed by atoms with Crippen molar-refractivity contribution >= 4 is 29.1 Å². The fraction of sp³-hybridized carbons (Fsp3) is 0.308. The zero-order valence-electron chi connectivity index (χ0n) is 19.5. The highest BCUT2D eigenvalue weighted by molar-refractivity contribution is 6.42. The fourth-order valence-corrected chi connectivity index (χ4v) is 4.85. The summed E-state index contributed by atoms with van der Waals surface area (Å²) in [5.41, 5.74) is 1.22. The van der Waals surface area contributed by atoms with E-state index >= 15 is 0 Å². The zero-order chi connectivity index (χ0) is 26.2. The lowest BCUT2D eigenvalue weighted by atomic mass is 9.93. The molecule has 0 bridgehead atoms. The number of likely N-dealkylation sites (tertiary alicyclic amines) is 1. The monoisotopic (exact) mass is 539 g/mol. The van der Waals surface area contributed by atoms with Gasteiger partial charge in [0.15, 0.2) is 0 Å². The second kappa shape index (κ2) is 10.4. The van der Waals surface area contributed by atoms with Gasteiger partial charge in [-0.3, -0.25) is 14.7 Å². The van der Waals surface area contributed by atoms with Gasteiger partial charge >= 0.3 is 6.18 Å². The number of carbonyl (C=O) groups is 1. The molecule has 36 heavy (non-hydrogen) atoms. The molecule has 4 nitrogen and oxygen atoms in total. The molecule has 2 heterocycles. The Kier molecular flexibility index (Phi) is 7.59. The number of aryl methyl sites for hydroxylation is 1. The third kappa shape index (κ3) is 5.66. The summed E-state index contributed by atoms with van der Waals surface area (Å²) in [4.78, 5) is 21.1. The van der Waals surface area contributed by atoms with Crippen molar-refractivity contribution in [2.75, 3.05) is 20.1 Å². The minimum absolute atomic E-state index is 0.161. The summed E-state index contributed by atoms with van der Waals surface area (Å²) in [6.07, 6.45) is -3.22. The second-order valence-electron chi connectivity index (χ2n) is 8.97. The van der Waals surface area contributed by atoms with Crippen LogP contribution in [0.3, 0.4) is 0 Å². The average Bonchev–Trinajstić information content (AvgIpc) is 3.26. The molecule has 2 aromatic carbocycles. The summed E-state index contributed by atoms with van der Waals surface area (Å²) >= 11 is 12.4. The van der Waals surface area contributed by atoms with Gasteiger partial charge in [0.1, 0.15) is 5.82 Å². The maximum atomic E-state index is 14.2. The quantitative estimate of drug-likeness (QED) is 0.343. The van der Waals surface area contributed by atoms with Crippen LogP contribution in [0.4, 0.5) is 17.6 Å². The molecule has 1 saturated heterocycles. The smallest absolute Gasteiger partial charge is 0.336 e. The highest BCUT2D eigenvalue weighted by Gasteiger charge is 2.39. The van der Waals surface area contributed by atoms with Gasteiger partial charge in [-0.05, 0) is 61.5 Å². The number of rotatable bonds is 5. The molecule has 1 aromatic heterocycles. The molecule has 0 spiro atoms. The van der Waals surface area contributed by atoms with Gasteiger partial charge in [0.25, 0.3) is 5.91 Å². The van der Waals surface area contributed by atoms with Crippen LogP contribution in [0.25, 0.3) is 0 Å². The lowest BCUT2D eigenvalue weighted by Crippen LogP contribution is -2.38. The number of carbonyl (C=O) groups excluding carboxylic acids is 1. The molecule has 2 atom stereocenters. The Labute approximate surface area is 216 Å². The molecule has 1 amide bonds. The van der Waals surface area contributed by atoms with E-state index in [4.69, 9.17) is 23.2 Å². The van der Waals surface area contributed by atoms with Crippen molar-refractivity contribution in [2.24, 2.45) is 0 Å². The van der Waals surface area contributed by atoms with E-state index in [0.29, 0.717) is 34.3 Å². The Morgan fingerprint density at radius 1 is 1.08 bits per heavy atom. The molecule has 1 fully saturated rings. The molecule has 3 aromatic rings. The van der Waals surface area contributed by atoms with Crippen LogP contribution in [0.15, 0.2) is 54.7 Å². The summed E-state index contributed by atoms with van der Waals surface area (Å²) < 4.78 is 53.0. The number of hydrogen-bond donors (Lipinski definition) is 0. The molecule has 10 heteroatoms. The Morgan fingerprint density at radius 2 is 1.83 bits per heavy atom. The first-order chi connectivity index (χ1) is 16.9. The summed E-state index contributed by atoms with van der Waals surface area (Å²) in [6.45, 7) is 2.77. The normalized spacial score (nSPS) is 18.2. The first-order valence-corrected chi connectivity index (χ1v) is 11.9. The molecule has 0 radical (unpaired) electrons. The number of nitrogens with zero attached hydrogens (tertiary/aromatic N) is 3. The number of likely N-dealkylation sites (N-methyl/N-ethyl adjacent to an activating group) is 1. The number of hydrogen-bond acceptors (Lipinski definition) is 3. The van der Waals surface area contributed by atoms with Gasteiger partial charge in [0.05, 0.1) is 21.2 Å². The lowest BCUT2D eigenvalue weighted by Gasteiger charge is -2.29. The van der Waals surface area contributed by atoms with Crippen LogP contribution in [-0.2, 0) is 12.7 Å². The highest BCUT2D eigenvalue weighted by atomic mass is 35.5. The van der Waals surface area contributed by atoms with E-state index in [-0.39, 0.29) is 24.4 Å². The van der Waals surface area contributed by atoms with Crippen LogP contribution in [0.1, 0.15) is 38.7 Å². The minimum Gasteiger partial charge on any atom is -0.336 e. The molecule has 4 rings (SSSR count). The SMILES string of the molecule is Cc1ccc(C(=O)N2C[C@H](c3ccc(Cl)c(Cl)c3)[C@@H](N(C)Cc3ccc(C(F)(F)F)c(F)c3)C2)cn1. The maximum Gasteiger partial charge on any atom is 0.419 e. The van der Waals surface area contributed by atoms with Crippen molar-refractivity contribution < 1.29 is 22.4 Å². The van der Waals surface area contributed by atoms with Crippen LogP contribution in [-0.4, -0.2) is 46.9 Å². The Bertz CT molecular complexity index is 1270. The summed E-state index contributed by atoms with van der Waals surface area (Å²) in [5, 5.41) is 0.787. The molecule has 1 aliphatic rings. The van der Waals surface area contributed by atoms with Gasteiger partial charge in [-0.25, -0.2) is 4.39 Å². The number of amides is 1. The van der Waals surface area contributed by atoms with Crippen LogP contribution in [0.5, 0.6) is 0 Å². The van der Waals surface area contributed by atoms with Gasteiger partial charge in [-0.1, -0.05) is 35.3 Å². The number of halogens is 6. The average molecular weight is 540 g/mol. The van der Waals surface area contributed by atoms with Crippen molar-refractivity contribution in [1.29, 1.82) is 0 Å². The topological polar surface area (TPSA) is 36.4 Å². The maximum absolute atomic E-state index is 14.2. The lowest BCUT2D eigenvalue weighted by molar-refractivity contribution is -0.140. The molecule has 0 saturated carbocycles. The molecule has 190 valence electrons. The number of benzene rings is 2. The number of pyridine rings is 1. The van der Waals surface area contributed by atoms with E-state index in [1.165, 1.54) is 12.3 Å². The van der Waals surface area contributed by atoms with E-state index in [9.17, 15) is 22.4 Å². The van der Waals surface area contributed by atoms with Crippen molar-refractivity contribution in [3.8, 4) is 0 Å². The third-order valence-corrected chi connectivity index (χ3v) is 7.18. The van der Waals surface area contributed by atoms with Crippen LogP contribution in [0, 0.1) is 12.7 Å². The largest absolute Gasteiger partial charge is 0.419 e. The number of alkyl halides is 3. The minimum atomic E-state index is -4.76. The summed E-state index contributed by atoms with van der Waals surface area (Å²) in [6, 6.07) is 11.5. The van der Waals surface area contributed by atoms with Gasteiger partial charge in [-0.15, -0.1) is 0 Å². The van der Waals surface area contributed by atoms with E-state index in [0.717, 1.165) is 23.4 Å². The van der Waals surface area contributed by atoms with Crippen molar-refractivity contribution in [1.82, 2.24) is 14.8 Å². The molecule has 0 N–H and O–H groups in total. The highest BCUT2D eigenvalue weighted by Crippen LogP contribution is 2.36. The predicted octanol–water partition coefficient (Wildman–Crippen LogP) is 6.59. The molecular formula is C26H23Cl2F4N3O. The van der Waals surface area contributed by atoms with Crippen molar-refractivity contribution in [3.05, 3.63) is 98.5 Å². The van der Waals surface area contributed by atoms with E-state index in [1.54, 1.807) is 36.2 Å². The summed E-state index contributed by atoms with van der Waals surface area (Å²) in [5.74, 6) is -1.65. The van der Waals surface area contributed by atoms with Gasteiger partial charge in [0.2, 0.25) is 0 Å². The first kappa shape index (κ1) is 26.4. The Hall–Kier alpha value is -2.68. The zero-order valence-corrected chi connectivity index (χ0v) is 21.0. The molecule has 1 aliphatic heterocycles.